The largest absolute Gasteiger partial charge is 0.265 e. The van der Waals surface area contributed by atoms with Gasteiger partial charge in [-0.25, -0.2) is 0 Å². The van der Waals surface area contributed by atoms with E-state index in [0.717, 1.165) is 12.8 Å². The van der Waals surface area contributed by atoms with Crippen molar-refractivity contribution in [3.05, 3.63) is 21.3 Å². The maximum absolute atomic E-state index is 10.2. The van der Waals surface area contributed by atoms with Crippen LogP contribution in [-0.2, 0) is 0 Å². The molecule has 3 heteroatoms. The molecule has 1 rings (SSSR count). The van der Waals surface area contributed by atoms with Crippen LogP contribution in [0, 0.1) is 10.1 Å². The van der Waals surface area contributed by atoms with Crippen LogP contribution in [0.5, 0.6) is 0 Å². The third-order valence-corrected chi connectivity index (χ3v) is 3.13. The molecule has 0 saturated heterocycles. The summed E-state index contributed by atoms with van der Waals surface area (Å²) in [6.07, 6.45) is 9.24. The second kappa shape index (κ2) is 6.59. The van der Waals surface area contributed by atoms with Crippen molar-refractivity contribution < 1.29 is 4.92 Å². The molecule has 0 aromatic heterocycles. The molecule has 0 aliphatic heterocycles. The van der Waals surface area contributed by atoms with E-state index in [1.807, 2.05) is 0 Å². The van der Waals surface area contributed by atoms with Crippen molar-refractivity contribution >= 4 is 0 Å². The van der Waals surface area contributed by atoms with Gasteiger partial charge >= 0.3 is 0 Å². The van der Waals surface area contributed by atoms with Crippen LogP contribution < -0.4 is 0 Å². The molecule has 0 amide bonds. The molecular formula is C12H21NO2. The highest BCUT2D eigenvalue weighted by atomic mass is 16.6. The molecule has 86 valence electrons. The van der Waals surface area contributed by atoms with Gasteiger partial charge in [0.25, 0.3) is 0 Å². The topological polar surface area (TPSA) is 43.1 Å². The van der Waals surface area contributed by atoms with Gasteiger partial charge in [0.05, 0.1) is 0 Å². The zero-order valence-electron chi connectivity index (χ0n) is 9.63. The summed E-state index contributed by atoms with van der Waals surface area (Å²) in [5.74, 6) is 0. The molecule has 0 atom stereocenters. The van der Waals surface area contributed by atoms with E-state index in [1.165, 1.54) is 44.1 Å². The number of hydrogen-bond donors (Lipinski definition) is 0. The Balaban J connectivity index is 2.16. The van der Waals surface area contributed by atoms with Gasteiger partial charge in [0, 0.05) is 11.3 Å². The minimum Gasteiger partial charge on any atom is -0.265 e. The van der Waals surface area contributed by atoms with Gasteiger partial charge in [0.1, 0.15) is 0 Å². The summed E-state index contributed by atoms with van der Waals surface area (Å²) >= 11 is 0. The lowest BCUT2D eigenvalue weighted by Gasteiger charge is -2.23. The minimum absolute atomic E-state index is 0.131. The smallest absolute Gasteiger partial charge is 0.204 e. The Hall–Kier alpha value is -0.860. The molecule has 0 radical (unpaired) electrons. The first kappa shape index (κ1) is 12.2. The number of nitrogens with zero attached hydrogens (tertiary/aromatic N) is 1. The van der Waals surface area contributed by atoms with E-state index in [0.29, 0.717) is 0 Å². The predicted molar refractivity (Wildman–Crippen MR) is 61.5 cm³/mol. The highest BCUT2D eigenvalue weighted by molar-refractivity contribution is 5.24. The van der Waals surface area contributed by atoms with E-state index < -0.39 is 0 Å². The monoisotopic (exact) mass is 211 g/mol. The Morgan fingerprint density at radius 1 is 1.13 bits per heavy atom. The van der Waals surface area contributed by atoms with Gasteiger partial charge in [0.2, 0.25) is 6.54 Å². The Labute approximate surface area is 91.7 Å². The predicted octanol–water partition coefficient (Wildman–Crippen LogP) is 3.71. The Kier molecular flexibility index (Phi) is 5.37. The Bertz CT molecular complexity index is 246. The lowest BCUT2D eigenvalue weighted by Crippen LogP contribution is -2.07. The lowest BCUT2D eigenvalue weighted by atomic mass is 9.83. The Morgan fingerprint density at radius 3 is 2.20 bits per heavy atom. The zero-order valence-corrected chi connectivity index (χ0v) is 9.63. The van der Waals surface area contributed by atoms with Gasteiger partial charge in [-0.1, -0.05) is 30.9 Å². The van der Waals surface area contributed by atoms with E-state index >= 15 is 0 Å². The highest BCUT2D eigenvalue weighted by Gasteiger charge is 2.16. The van der Waals surface area contributed by atoms with Crippen molar-refractivity contribution in [3.63, 3.8) is 0 Å². The number of unbranched alkanes of at least 4 members (excludes halogenated alkanes) is 2. The molecule has 0 unspecified atom stereocenters. The second-order valence-corrected chi connectivity index (χ2v) is 4.32. The SMILES string of the molecule is CCCCCC1=C(CCC[N+](=O)[O-])CC1. The van der Waals surface area contributed by atoms with Crippen molar-refractivity contribution in [1.82, 2.24) is 0 Å². The molecule has 0 aromatic carbocycles. The second-order valence-electron chi connectivity index (χ2n) is 4.32. The maximum atomic E-state index is 10.2. The molecule has 0 heterocycles. The number of hydrogen-bond acceptors (Lipinski definition) is 2. The fraction of sp³-hybridized carbons (Fsp3) is 0.833. The van der Waals surface area contributed by atoms with Gasteiger partial charge < -0.3 is 0 Å². The van der Waals surface area contributed by atoms with E-state index in [4.69, 9.17) is 0 Å². The third-order valence-electron chi connectivity index (χ3n) is 3.13. The quantitative estimate of drug-likeness (QED) is 0.266. The van der Waals surface area contributed by atoms with Gasteiger partial charge in [-0.3, -0.25) is 10.1 Å². The fourth-order valence-electron chi connectivity index (χ4n) is 2.09. The average molecular weight is 211 g/mol. The van der Waals surface area contributed by atoms with Crippen LogP contribution >= 0.6 is 0 Å². The molecule has 0 fully saturated rings. The Morgan fingerprint density at radius 2 is 1.73 bits per heavy atom. The number of rotatable bonds is 8. The van der Waals surface area contributed by atoms with Crippen LogP contribution in [0.3, 0.4) is 0 Å². The van der Waals surface area contributed by atoms with E-state index in [2.05, 4.69) is 6.92 Å². The van der Waals surface area contributed by atoms with E-state index in [9.17, 15) is 10.1 Å². The first-order valence-corrected chi connectivity index (χ1v) is 6.05. The van der Waals surface area contributed by atoms with Crippen molar-refractivity contribution in [1.29, 1.82) is 0 Å². The molecule has 0 saturated carbocycles. The average Bonchev–Trinajstić information content (AvgIpc) is 2.17. The first-order chi connectivity index (χ1) is 7.24. The summed E-state index contributed by atoms with van der Waals surface area (Å²) in [4.78, 5) is 9.96. The molecule has 0 bridgehead atoms. The lowest BCUT2D eigenvalue weighted by molar-refractivity contribution is -0.480. The summed E-state index contributed by atoms with van der Waals surface area (Å²) < 4.78 is 0. The van der Waals surface area contributed by atoms with Crippen molar-refractivity contribution in [2.45, 2.75) is 58.3 Å². The highest BCUT2D eigenvalue weighted by Crippen LogP contribution is 2.34. The molecule has 3 nitrogen and oxygen atoms in total. The fourth-order valence-corrected chi connectivity index (χ4v) is 2.09. The van der Waals surface area contributed by atoms with Crippen LogP contribution in [-0.4, -0.2) is 11.5 Å². The zero-order chi connectivity index (χ0) is 11.1. The standard InChI is InChI=1S/C12H21NO2/c1-2-3-4-6-11-8-9-12(11)7-5-10-13(14)15/h2-10H2,1H3. The number of nitro groups is 1. The van der Waals surface area contributed by atoms with Crippen molar-refractivity contribution in [2.24, 2.45) is 0 Å². The summed E-state index contributed by atoms with van der Waals surface area (Å²) in [5.41, 5.74) is 3.12. The van der Waals surface area contributed by atoms with E-state index in [1.54, 1.807) is 5.57 Å². The molecule has 0 aromatic rings. The van der Waals surface area contributed by atoms with Crippen LogP contribution in [0.25, 0.3) is 0 Å². The molecule has 1 aliphatic rings. The summed E-state index contributed by atoms with van der Waals surface area (Å²) in [6.45, 7) is 2.35. The van der Waals surface area contributed by atoms with Gasteiger partial charge in [-0.2, -0.15) is 0 Å². The normalized spacial score (nSPS) is 15.3. The molecular weight excluding hydrogens is 190 g/mol. The maximum Gasteiger partial charge on any atom is 0.204 e. The summed E-state index contributed by atoms with van der Waals surface area (Å²) in [5, 5.41) is 10.2. The third kappa shape index (κ3) is 4.45. The van der Waals surface area contributed by atoms with Crippen molar-refractivity contribution in [2.75, 3.05) is 6.54 Å². The molecule has 1 aliphatic carbocycles. The van der Waals surface area contributed by atoms with Gasteiger partial charge in [0.15, 0.2) is 0 Å². The summed E-state index contributed by atoms with van der Waals surface area (Å²) in [7, 11) is 0. The number of allylic oxidation sites excluding steroid dienone is 2. The van der Waals surface area contributed by atoms with E-state index in [-0.39, 0.29) is 11.5 Å². The van der Waals surface area contributed by atoms with Crippen LogP contribution in [0.2, 0.25) is 0 Å². The molecule has 0 spiro atoms. The minimum atomic E-state index is -0.212. The van der Waals surface area contributed by atoms with Crippen molar-refractivity contribution in [3.8, 4) is 0 Å². The van der Waals surface area contributed by atoms with Crippen LogP contribution in [0.1, 0.15) is 58.3 Å². The van der Waals surface area contributed by atoms with Crippen LogP contribution in [0.15, 0.2) is 11.1 Å². The first-order valence-electron chi connectivity index (χ1n) is 6.05. The van der Waals surface area contributed by atoms with Gasteiger partial charge in [-0.15, -0.1) is 0 Å². The summed E-state index contributed by atoms with van der Waals surface area (Å²) in [6, 6.07) is 0. The molecule has 0 N–H and O–H groups in total. The molecule has 15 heavy (non-hydrogen) atoms. The van der Waals surface area contributed by atoms with Crippen LogP contribution in [0.4, 0.5) is 0 Å². The van der Waals surface area contributed by atoms with Gasteiger partial charge in [-0.05, 0) is 32.1 Å².